The van der Waals surface area contributed by atoms with Crippen LogP contribution in [-0.4, -0.2) is 5.78 Å². The highest BCUT2D eigenvalue weighted by molar-refractivity contribution is 5.87. The summed E-state index contributed by atoms with van der Waals surface area (Å²) in [5.41, 5.74) is 3.79. The maximum atomic E-state index is 12.4. The van der Waals surface area contributed by atoms with Gasteiger partial charge in [-0.25, -0.2) is 0 Å². The highest BCUT2D eigenvalue weighted by atomic mass is 16.1. The summed E-state index contributed by atoms with van der Waals surface area (Å²) < 4.78 is 0. The maximum absolute atomic E-state index is 12.4. The summed E-state index contributed by atoms with van der Waals surface area (Å²) in [6.45, 7) is 4.38. The van der Waals surface area contributed by atoms with Crippen molar-refractivity contribution >= 4 is 5.78 Å². The molecule has 1 heteroatoms. The molecule has 21 heavy (non-hydrogen) atoms. The first-order chi connectivity index (χ1) is 10.1. The fourth-order valence-corrected chi connectivity index (χ4v) is 2.97. The van der Waals surface area contributed by atoms with Gasteiger partial charge >= 0.3 is 0 Å². The standard InChI is InChI=1S/C20H22O/c1-14(2)16-10-8-15(9-11-16)12-20(21)19-13-18(19)17-6-4-3-5-7-17/h3-11,14,18-19H,12-13H2,1-2H3. The normalized spacial score (nSPS) is 20.5. The number of carbonyl (C=O) groups excluding carboxylic acids is 1. The summed E-state index contributed by atoms with van der Waals surface area (Å²) in [6, 6.07) is 18.9. The van der Waals surface area contributed by atoms with E-state index in [1.807, 2.05) is 6.07 Å². The molecule has 2 unspecified atom stereocenters. The monoisotopic (exact) mass is 278 g/mol. The van der Waals surface area contributed by atoms with Gasteiger partial charge in [0.05, 0.1) is 0 Å². The van der Waals surface area contributed by atoms with Crippen molar-refractivity contribution < 1.29 is 4.79 Å². The van der Waals surface area contributed by atoms with Crippen molar-refractivity contribution in [2.75, 3.05) is 0 Å². The molecule has 1 fully saturated rings. The van der Waals surface area contributed by atoms with Crippen LogP contribution in [0.15, 0.2) is 54.6 Å². The van der Waals surface area contributed by atoms with E-state index in [9.17, 15) is 4.79 Å². The molecule has 0 heterocycles. The molecule has 3 rings (SSSR count). The Hall–Kier alpha value is -1.89. The highest BCUT2D eigenvalue weighted by Gasteiger charge is 2.43. The molecular weight excluding hydrogens is 256 g/mol. The largest absolute Gasteiger partial charge is 0.299 e. The van der Waals surface area contributed by atoms with E-state index in [1.165, 1.54) is 11.1 Å². The number of hydrogen-bond donors (Lipinski definition) is 0. The topological polar surface area (TPSA) is 17.1 Å². The van der Waals surface area contributed by atoms with Crippen LogP contribution in [-0.2, 0) is 11.2 Å². The minimum absolute atomic E-state index is 0.233. The third kappa shape index (κ3) is 3.24. The van der Waals surface area contributed by atoms with Gasteiger partial charge in [-0.15, -0.1) is 0 Å². The fraction of sp³-hybridized carbons (Fsp3) is 0.350. The van der Waals surface area contributed by atoms with Crippen LogP contribution in [0, 0.1) is 5.92 Å². The Morgan fingerprint density at radius 3 is 2.33 bits per heavy atom. The van der Waals surface area contributed by atoms with Crippen LogP contribution >= 0.6 is 0 Å². The quantitative estimate of drug-likeness (QED) is 0.773. The number of rotatable bonds is 5. The van der Waals surface area contributed by atoms with Gasteiger partial charge in [0.25, 0.3) is 0 Å². The third-order valence-electron chi connectivity index (χ3n) is 4.46. The lowest BCUT2D eigenvalue weighted by atomic mass is 9.98. The summed E-state index contributed by atoms with van der Waals surface area (Å²) in [7, 11) is 0. The molecule has 0 bridgehead atoms. The van der Waals surface area contributed by atoms with Crippen LogP contribution in [0.1, 0.15) is 48.8 Å². The van der Waals surface area contributed by atoms with Crippen molar-refractivity contribution in [1.82, 2.24) is 0 Å². The second kappa shape index (κ2) is 5.85. The Kier molecular flexibility index (Phi) is 3.92. The van der Waals surface area contributed by atoms with Crippen molar-refractivity contribution in [3.8, 4) is 0 Å². The molecular formula is C20H22O. The third-order valence-corrected chi connectivity index (χ3v) is 4.46. The molecule has 0 aliphatic heterocycles. The van der Waals surface area contributed by atoms with E-state index in [1.54, 1.807) is 0 Å². The second-order valence-corrected chi connectivity index (χ2v) is 6.40. The van der Waals surface area contributed by atoms with Crippen molar-refractivity contribution in [3.63, 3.8) is 0 Å². The van der Waals surface area contributed by atoms with Crippen LogP contribution in [0.2, 0.25) is 0 Å². The first kappa shape index (κ1) is 14.1. The van der Waals surface area contributed by atoms with Gasteiger partial charge in [0.2, 0.25) is 0 Å². The van der Waals surface area contributed by atoms with Crippen molar-refractivity contribution in [2.45, 2.75) is 38.5 Å². The van der Waals surface area contributed by atoms with Gasteiger partial charge in [-0.1, -0.05) is 68.4 Å². The van der Waals surface area contributed by atoms with Crippen molar-refractivity contribution in [2.24, 2.45) is 5.92 Å². The number of hydrogen-bond acceptors (Lipinski definition) is 1. The maximum Gasteiger partial charge on any atom is 0.140 e. The van der Waals surface area contributed by atoms with Crippen molar-refractivity contribution in [3.05, 3.63) is 71.3 Å². The summed E-state index contributed by atoms with van der Waals surface area (Å²) in [5.74, 6) is 1.62. The summed E-state index contributed by atoms with van der Waals surface area (Å²) in [4.78, 5) is 12.4. The first-order valence-electron chi connectivity index (χ1n) is 7.81. The smallest absolute Gasteiger partial charge is 0.140 e. The molecule has 1 nitrogen and oxygen atoms in total. The Morgan fingerprint density at radius 2 is 1.71 bits per heavy atom. The zero-order chi connectivity index (χ0) is 14.8. The van der Waals surface area contributed by atoms with E-state index in [4.69, 9.17) is 0 Å². The lowest BCUT2D eigenvalue weighted by Crippen LogP contribution is -2.06. The number of benzene rings is 2. The van der Waals surface area contributed by atoms with Crippen LogP contribution in [0.25, 0.3) is 0 Å². The minimum atomic E-state index is 0.233. The van der Waals surface area contributed by atoms with E-state index in [-0.39, 0.29) is 5.92 Å². The van der Waals surface area contributed by atoms with Crippen LogP contribution in [0.5, 0.6) is 0 Å². The van der Waals surface area contributed by atoms with Gasteiger partial charge in [-0.05, 0) is 34.9 Å². The zero-order valence-electron chi connectivity index (χ0n) is 12.8. The molecule has 0 aromatic heterocycles. The zero-order valence-corrected chi connectivity index (χ0v) is 12.8. The molecule has 2 aromatic rings. The van der Waals surface area contributed by atoms with Gasteiger partial charge in [0.15, 0.2) is 0 Å². The van der Waals surface area contributed by atoms with Gasteiger partial charge in [-0.3, -0.25) is 4.79 Å². The fourth-order valence-electron chi connectivity index (χ4n) is 2.97. The van der Waals surface area contributed by atoms with Gasteiger partial charge < -0.3 is 0 Å². The van der Waals surface area contributed by atoms with E-state index in [0.29, 0.717) is 24.0 Å². The van der Waals surface area contributed by atoms with E-state index in [2.05, 4.69) is 62.4 Å². The molecule has 108 valence electrons. The summed E-state index contributed by atoms with van der Waals surface area (Å²) >= 11 is 0. The first-order valence-corrected chi connectivity index (χ1v) is 7.81. The summed E-state index contributed by atoms with van der Waals surface area (Å²) in [5, 5.41) is 0. The number of carbonyl (C=O) groups is 1. The Labute approximate surface area is 127 Å². The lowest BCUT2D eigenvalue weighted by Gasteiger charge is -2.06. The SMILES string of the molecule is CC(C)c1ccc(CC(=O)C2CC2c2ccccc2)cc1. The molecule has 0 amide bonds. The average molecular weight is 278 g/mol. The van der Waals surface area contributed by atoms with Gasteiger partial charge in [-0.2, -0.15) is 0 Å². The molecule has 0 radical (unpaired) electrons. The molecule has 2 aromatic carbocycles. The molecule has 0 saturated heterocycles. The second-order valence-electron chi connectivity index (χ2n) is 6.40. The lowest BCUT2D eigenvalue weighted by molar-refractivity contribution is -0.119. The molecule has 1 aliphatic rings. The molecule has 2 atom stereocenters. The average Bonchev–Trinajstić information content (AvgIpc) is 3.29. The van der Waals surface area contributed by atoms with E-state index in [0.717, 1.165) is 12.0 Å². The molecule has 0 N–H and O–H groups in total. The van der Waals surface area contributed by atoms with E-state index >= 15 is 0 Å². The number of ketones is 1. The Bertz CT molecular complexity index is 610. The Balaban J connectivity index is 1.60. The predicted octanol–water partition coefficient (Wildman–Crippen LogP) is 4.73. The molecule has 0 spiro atoms. The Morgan fingerprint density at radius 1 is 1.05 bits per heavy atom. The van der Waals surface area contributed by atoms with E-state index < -0.39 is 0 Å². The number of Topliss-reactive ketones (excluding diaryl/α,β-unsaturated/α-hetero) is 1. The van der Waals surface area contributed by atoms with Gasteiger partial charge in [0.1, 0.15) is 5.78 Å². The van der Waals surface area contributed by atoms with Crippen molar-refractivity contribution in [1.29, 1.82) is 0 Å². The van der Waals surface area contributed by atoms with Crippen LogP contribution in [0.3, 0.4) is 0 Å². The summed E-state index contributed by atoms with van der Waals surface area (Å²) in [6.07, 6.45) is 1.60. The highest BCUT2D eigenvalue weighted by Crippen LogP contribution is 2.48. The molecule has 1 aliphatic carbocycles. The van der Waals surface area contributed by atoms with Crippen LogP contribution in [0.4, 0.5) is 0 Å². The van der Waals surface area contributed by atoms with Gasteiger partial charge in [0, 0.05) is 12.3 Å². The predicted molar refractivity (Wildman–Crippen MR) is 86.5 cm³/mol. The molecule has 1 saturated carbocycles. The minimum Gasteiger partial charge on any atom is -0.299 e. The van der Waals surface area contributed by atoms with Crippen LogP contribution < -0.4 is 0 Å².